The van der Waals surface area contributed by atoms with E-state index in [-0.39, 0.29) is 6.61 Å². The molecule has 0 atom stereocenters. The highest BCUT2D eigenvalue weighted by atomic mass is 35.5. The van der Waals surface area contributed by atoms with Gasteiger partial charge in [0.2, 0.25) is 10.0 Å². The monoisotopic (exact) mass is 616 g/mol. The van der Waals surface area contributed by atoms with Crippen molar-refractivity contribution in [3.05, 3.63) is 87.9 Å². The molecule has 0 fully saturated rings. The summed E-state index contributed by atoms with van der Waals surface area (Å²) in [5.41, 5.74) is 1.53. The standard InChI is InChI=1S/C25H21Cl2F3N4O5S/c1-40(37,38)34(19-7-10-22(27)21(12-19)25(28,29)30)14-23(35)33-31-13-16-5-8-20(9-6-16)39-15-24(36)32-18-4-2-3-17(26)11-18/h2-13H,14-15H2,1H3,(H,32,36)(H,33,35)/b31-13+. The topological polar surface area (TPSA) is 117 Å². The smallest absolute Gasteiger partial charge is 0.417 e. The molecule has 0 saturated carbocycles. The van der Waals surface area contributed by atoms with Crippen LogP contribution in [0.3, 0.4) is 0 Å². The fourth-order valence-corrected chi connectivity index (χ4v) is 4.46. The first-order valence-electron chi connectivity index (χ1n) is 11.2. The highest BCUT2D eigenvalue weighted by molar-refractivity contribution is 7.92. The fourth-order valence-electron chi connectivity index (χ4n) is 3.19. The van der Waals surface area contributed by atoms with Crippen molar-refractivity contribution in [1.29, 1.82) is 0 Å². The number of halogens is 5. The molecule has 3 aromatic rings. The van der Waals surface area contributed by atoms with Gasteiger partial charge in [0.1, 0.15) is 12.3 Å². The number of sulfonamides is 1. The van der Waals surface area contributed by atoms with Crippen molar-refractivity contribution >= 4 is 62.6 Å². The van der Waals surface area contributed by atoms with E-state index >= 15 is 0 Å². The second-order valence-corrected chi connectivity index (χ2v) is 10.9. The van der Waals surface area contributed by atoms with Crippen molar-refractivity contribution in [2.45, 2.75) is 6.18 Å². The molecular formula is C25H21Cl2F3N4O5S. The number of nitrogens with zero attached hydrogens (tertiary/aromatic N) is 2. The molecule has 0 saturated heterocycles. The summed E-state index contributed by atoms with van der Waals surface area (Å²) in [4.78, 5) is 24.4. The zero-order valence-electron chi connectivity index (χ0n) is 20.6. The molecular weight excluding hydrogens is 596 g/mol. The maximum atomic E-state index is 13.2. The average Bonchev–Trinajstić information content (AvgIpc) is 2.86. The van der Waals surface area contributed by atoms with E-state index in [9.17, 15) is 31.2 Å². The van der Waals surface area contributed by atoms with Crippen LogP contribution in [0.4, 0.5) is 24.5 Å². The summed E-state index contributed by atoms with van der Waals surface area (Å²) in [6.45, 7) is -1.09. The van der Waals surface area contributed by atoms with Crippen LogP contribution in [-0.2, 0) is 25.8 Å². The van der Waals surface area contributed by atoms with Crippen LogP contribution in [0.5, 0.6) is 5.75 Å². The molecule has 0 radical (unpaired) electrons. The fraction of sp³-hybridized carbons (Fsp3) is 0.160. The van der Waals surface area contributed by atoms with Gasteiger partial charge in [0.25, 0.3) is 11.8 Å². The first-order valence-corrected chi connectivity index (χ1v) is 13.8. The van der Waals surface area contributed by atoms with E-state index in [1.807, 2.05) is 0 Å². The molecule has 0 aromatic heterocycles. The first kappa shape index (κ1) is 30.7. The summed E-state index contributed by atoms with van der Waals surface area (Å²) < 4.78 is 69.9. The van der Waals surface area contributed by atoms with Gasteiger partial charge in [0.05, 0.1) is 28.7 Å². The van der Waals surface area contributed by atoms with Gasteiger partial charge in [-0.1, -0.05) is 29.3 Å². The molecule has 2 N–H and O–H groups in total. The minimum Gasteiger partial charge on any atom is -0.484 e. The molecule has 0 aliphatic heterocycles. The van der Waals surface area contributed by atoms with E-state index in [1.165, 1.54) is 6.21 Å². The molecule has 0 spiro atoms. The number of hydrogen-bond acceptors (Lipinski definition) is 6. The van der Waals surface area contributed by atoms with Gasteiger partial charge in [-0.3, -0.25) is 13.9 Å². The third-order valence-electron chi connectivity index (χ3n) is 4.99. The first-order chi connectivity index (χ1) is 18.7. The molecule has 0 bridgehead atoms. The minimum atomic E-state index is -4.83. The molecule has 9 nitrogen and oxygen atoms in total. The number of rotatable bonds is 10. The van der Waals surface area contributed by atoms with Crippen molar-refractivity contribution in [2.75, 3.05) is 29.0 Å². The highest BCUT2D eigenvalue weighted by Gasteiger charge is 2.34. The number of carbonyl (C=O) groups is 2. The van der Waals surface area contributed by atoms with Gasteiger partial charge in [0.15, 0.2) is 6.61 Å². The van der Waals surface area contributed by atoms with E-state index in [0.717, 1.165) is 18.4 Å². The van der Waals surface area contributed by atoms with E-state index in [2.05, 4.69) is 15.8 Å². The highest BCUT2D eigenvalue weighted by Crippen LogP contribution is 2.37. The Labute approximate surface area is 237 Å². The molecule has 0 heterocycles. The lowest BCUT2D eigenvalue weighted by molar-refractivity contribution is -0.137. The number of alkyl halides is 3. The molecule has 0 aliphatic rings. The molecule has 15 heteroatoms. The number of carbonyl (C=O) groups excluding carboxylic acids is 2. The number of ether oxygens (including phenoxy) is 1. The summed E-state index contributed by atoms with van der Waals surface area (Å²) in [6.07, 6.45) is -2.83. The molecule has 0 aliphatic carbocycles. The van der Waals surface area contributed by atoms with Crippen molar-refractivity contribution in [2.24, 2.45) is 5.10 Å². The van der Waals surface area contributed by atoms with Crippen LogP contribution in [0, 0.1) is 0 Å². The summed E-state index contributed by atoms with van der Waals surface area (Å²) in [7, 11) is -4.14. The molecule has 212 valence electrons. The Morgan fingerprint density at radius 3 is 2.35 bits per heavy atom. The van der Waals surface area contributed by atoms with E-state index in [0.29, 0.717) is 32.4 Å². The van der Waals surface area contributed by atoms with Gasteiger partial charge in [-0.05, 0) is 66.2 Å². The predicted molar refractivity (Wildman–Crippen MR) is 146 cm³/mol. The van der Waals surface area contributed by atoms with E-state index in [4.69, 9.17) is 27.9 Å². The Morgan fingerprint density at radius 2 is 1.73 bits per heavy atom. The number of benzene rings is 3. The molecule has 2 amide bonds. The van der Waals surface area contributed by atoms with E-state index in [1.54, 1.807) is 48.5 Å². The van der Waals surface area contributed by atoms with Crippen LogP contribution in [0.1, 0.15) is 11.1 Å². The Hall–Kier alpha value is -3.81. The number of hydrazone groups is 1. The van der Waals surface area contributed by atoms with Gasteiger partial charge in [-0.2, -0.15) is 18.3 Å². The minimum absolute atomic E-state index is 0.259. The van der Waals surface area contributed by atoms with Gasteiger partial charge in [0, 0.05) is 10.7 Å². The third-order valence-corrected chi connectivity index (χ3v) is 6.70. The van der Waals surface area contributed by atoms with Crippen molar-refractivity contribution in [3.63, 3.8) is 0 Å². The Bertz CT molecular complexity index is 1520. The maximum absolute atomic E-state index is 13.2. The second kappa shape index (κ2) is 13.0. The van der Waals surface area contributed by atoms with Crippen LogP contribution >= 0.6 is 23.2 Å². The Morgan fingerprint density at radius 1 is 1.02 bits per heavy atom. The summed E-state index contributed by atoms with van der Waals surface area (Å²) >= 11 is 11.5. The summed E-state index contributed by atoms with van der Waals surface area (Å²) in [5, 5.41) is 6.24. The lowest BCUT2D eigenvalue weighted by atomic mass is 10.2. The normalized spacial score (nSPS) is 11.8. The summed E-state index contributed by atoms with van der Waals surface area (Å²) in [5.74, 6) is -0.921. The third kappa shape index (κ3) is 9.14. The quantitative estimate of drug-likeness (QED) is 0.247. The van der Waals surface area contributed by atoms with Crippen molar-refractivity contribution < 1.29 is 35.9 Å². The van der Waals surface area contributed by atoms with Crippen LogP contribution < -0.4 is 19.8 Å². The van der Waals surface area contributed by atoms with Crippen molar-refractivity contribution in [1.82, 2.24) is 5.43 Å². The molecule has 3 rings (SSSR count). The lowest BCUT2D eigenvalue weighted by Gasteiger charge is -2.22. The van der Waals surface area contributed by atoms with Gasteiger partial charge < -0.3 is 10.1 Å². The van der Waals surface area contributed by atoms with Crippen LogP contribution in [0.15, 0.2) is 71.8 Å². The van der Waals surface area contributed by atoms with Gasteiger partial charge in [-0.15, -0.1) is 0 Å². The molecule has 0 unspecified atom stereocenters. The predicted octanol–water partition coefficient (Wildman–Crippen LogP) is 4.95. The SMILES string of the molecule is CS(=O)(=O)N(CC(=O)N/N=C/c1ccc(OCC(=O)Nc2cccc(Cl)c2)cc1)c1ccc(Cl)c(C(F)(F)F)c1. The van der Waals surface area contributed by atoms with Crippen LogP contribution in [0.25, 0.3) is 0 Å². The van der Waals surface area contributed by atoms with Crippen LogP contribution in [-0.4, -0.2) is 45.9 Å². The average molecular weight is 617 g/mol. The van der Waals surface area contributed by atoms with Crippen LogP contribution in [0.2, 0.25) is 10.0 Å². The number of anilines is 2. The van der Waals surface area contributed by atoms with Gasteiger partial charge in [-0.25, -0.2) is 13.8 Å². The number of hydrogen-bond donors (Lipinski definition) is 2. The lowest BCUT2D eigenvalue weighted by Crippen LogP contribution is -2.39. The molecule has 3 aromatic carbocycles. The zero-order chi connectivity index (χ0) is 29.5. The summed E-state index contributed by atoms with van der Waals surface area (Å²) in [6, 6.07) is 15.4. The second-order valence-electron chi connectivity index (χ2n) is 8.14. The Balaban J connectivity index is 1.56. The number of amides is 2. The van der Waals surface area contributed by atoms with Crippen molar-refractivity contribution in [3.8, 4) is 5.75 Å². The largest absolute Gasteiger partial charge is 0.484 e. The number of nitrogens with one attached hydrogen (secondary N) is 2. The Kier molecular flexibility index (Phi) is 10.0. The van der Waals surface area contributed by atoms with Gasteiger partial charge >= 0.3 is 6.18 Å². The van der Waals surface area contributed by atoms with E-state index < -0.39 is 50.8 Å². The zero-order valence-corrected chi connectivity index (χ0v) is 22.9. The maximum Gasteiger partial charge on any atom is 0.417 e. The molecule has 40 heavy (non-hydrogen) atoms.